The zero-order chi connectivity index (χ0) is 22.6. The third-order valence-electron chi connectivity index (χ3n) is 5.95. The number of alkyl halides is 3. The van der Waals surface area contributed by atoms with Crippen molar-refractivity contribution in [1.29, 1.82) is 5.26 Å². The average molecular weight is 444 g/mol. The highest BCUT2D eigenvalue weighted by atomic mass is 32.1. The highest BCUT2D eigenvalue weighted by Gasteiger charge is 2.59. The fraction of sp³-hybridized carbons (Fsp3) is 0.364. The number of carbonyl (C=O) groups excluding carboxylic acids is 1. The van der Waals surface area contributed by atoms with Crippen molar-refractivity contribution in [2.24, 2.45) is 0 Å². The van der Waals surface area contributed by atoms with Crippen molar-refractivity contribution in [3.8, 4) is 6.07 Å². The van der Waals surface area contributed by atoms with Crippen molar-refractivity contribution in [2.45, 2.75) is 50.7 Å². The molecule has 1 saturated carbocycles. The van der Waals surface area contributed by atoms with Gasteiger partial charge in [-0.15, -0.1) is 0 Å². The van der Waals surface area contributed by atoms with Crippen LogP contribution in [0.3, 0.4) is 0 Å². The van der Waals surface area contributed by atoms with Crippen LogP contribution in [-0.2, 0) is 11.0 Å². The molecule has 2 fully saturated rings. The Bertz CT molecular complexity index is 1100. The SMILES string of the molecule is CC(C)c1ccc(N2C(=S)N(c3cnc(C#N)c(C(F)(F)F)c3)C(=O)C23CCC3)cc1. The number of rotatable bonds is 3. The van der Waals surface area contributed by atoms with E-state index in [-0.39, 0.29) is 16.7 Å². The monoisotopic (exact) mass is 444 g/mol. The van der Waals surface area contributed by atoms with Gasteiger partial charge in [-0.2, -0.15) is 18.4 Å². The molecule has 2 aliphatic rings. The summed E-state index contributed by atoms with van der Waals surface area (Å²) in [5.41, 5.74) is -1.07. The summed E-state index contributed by atoms with van der Waals surface area (Å²) in [5.74, 6) is -0.0304. The molecule has 31 heavy (non-hydrogen) atoms. The number of hydrogen-bond acceptors (Lipinski definition) is 4. The maximum Gasteiger partial charge on any atom is 0.419 e. The van der Waals surface area contributed by atoms with Crippen LogP contribution in [0.1, 0.15) is 55.8 Å². The summed E-state index contributed by atoms with van der Waals surface area (Å²) in [7, 11) is 0. The fourth-order valence-corrected chi connectivity index (χ4v) is 4.57. The summed E-state index contributed by atoms with van der Waals surface area (Å²) in [6, 6.07) is 9.93. The zero-order valence-electron chi connectivity index (χ0n) is 16.9. The van der Waals surface area contributed by atoms with Gasteiger partial charge in [-0.25, -0.2) is 4.98 Å². The number of nitrogens with zero attached hydrogens (tertiary/aromatic N) is 4. The van der Waals surface area contributed by atoms with Crippen molar-refractivity contribution in [1.82, 2.24) is 4.98 Å². The summed E-state index contributed by atoms with van der Waals surface area (Å²) in [5, 5.41) is 9.11. The van der Waals surface area contributed by atoms with Crippen molar-refractivity contribution < 1.29 is 18.0 Å². The molecule has 0 atom stereocenters. The summed E-state index contributed by atoms with van der Waals surface area (Å²) >= 11 is 5.59. The Labute approximate surface area is 183 Å². The number of nitriles is 1. The van der Waals surface area contributed by atoms with Gasteiger partial charge in [-0.1, -0.05) is 26.0 Å². The second-order valence-electron chi connectivity index (χ2n) is 8.09. The molecule has 4 rings (SSSR count). The Hall–Kier alpha value is -2.99. The quantitative estimate of drug-likeness (QED) is 0.613. The van der Waals surface area contributed by atoms with Crippen LogP contribution < -0.4 is 9.80 Å². The standard InChI is InChI=1S/C22H19F3N4OS/c1-13(2)14-4-6-15(7-5-14)29-20(31)28(19(30)21(29)8-3-9-21)16-10-17(22(23,24)25)18(11-26)27-12-16/h4-7,10,12-13H,3,8-9H2,1-2H3. The van der Waals surface area contributed by atoms with Gasteiger partial charge in [0.15, 0.2) is 10.8 Å². The number of thiocarbonyl (C=S) groups is 1. The first-order valence-electron chi connectivity index (χ1n) is 9.86. The molecule has 0 radical (unpaired) electrons. The zero-order valence-corrected chi connectivity index (χ0v) is 17.7. The van der Waals surface area contributed by atoms with Gasteiger partial charge >= 0.3 is 6.18 Å². The first kappa shape index (κ1) is 21.2. The number of amides is 1. The number of aromatic nitrogens is 1. The number of carbonyl (C=O) groups is 1. The minimum absolute atomic E-state index is 0.0890. The van der Waals surface area contributed by atoms with Gasteiger partial charge in [-0.3, -0.25) is 9.69 Å². The fourth-order valence-electron chi connectivity index (χ4n) is 4.10. The maximum atomic E-state index is 13.4. The van der Waals surface area contributed by atoms with E-state index in [4.69, 9.17) is 17.5 Å². The molecule has 0 N–H and O–H groups in total. The van der Waals surface area contributed by atoms with Gasteiger partial charge in [0, 0.05) is 5.69 Å². The van der Waals surface area contributed by atoms with E-state index in [0.29, 0.717) is 18.8 Å². The predicted octanol–water partition coefficient (Wildman–Crippen LogP) is 5.16. The molecule has 160 valence electrons. The molecule has 5 nitrogen and oxygen atoms in total. The predicted molar refractivity (Wildman–Crippen MR) is 114 cm³/mol. The summed E-state index contributed by atoms with van der Waals surface area (Å²) in [6.45, 7) is 4.15. The van der Waals surface area contributed by atoms with Crippen molar-refractivity contribution in [3.63, 3.8) is 0 Å². The Morgan fingerprint density at radius 1 is 1.19 bits per heavy atom. The summed E-state index contributed by atoms with van der Waals surface area (Å²) in [4.78, 5) is 19.9. The van der Waals surface area contributed by atoms with Crippen LogP contribution in [-0.4, -0.2) is 21.5 Å². The van der Waals surface area contributed by atoms with E-state index in [2.05, 4.69) is 18.8 Å². The number of benzene rings is 1. The average Bonchev–Trinajstić information content (AvgIpc) is 2.93. The first-order valence-corrected chi connectivity index (χ1v) is 10.3. The number of anilines is 2. The highest BCUT2D eigenvalue weighted by molar-refractivity contribution is 7.81. The van der Waals surface area contributed by atoms with E-state index in [1.807, 2.05) is 24.3 Å². The molecule has 1 saturated heterocycles. The number of pyridine rings is 1. The molecule has 9 heteroatoms. The Morgan fingerprint density at radius 2 is 1.84 bits per heavy atom. The number of hydrogen-bond donors (Lipinski definition) is 0. The summed E-state index contributed by atoms with van der Waals surface area (Å²) in [6.07, 6.45) is -1.74. The minimum atomic E-state index is -4.78. The van der Waals surface area contributed by atoms with Gasteiger partial charge in [0.05, 0.1) is 17.4 Å². The molecule has 1 amide bonds. The van der Waals surface area contributed by atoms with Crippen LogP contribution >= 0.6 is 12.2 Å². The second-order valence-corrected chi connectivity index (χ2v) is 8.45. The van der Waals surface area contributed by atoms with E-state index in [9.17, 15) is 18.0 Å². The van der Waals surface area contributed by atoms with Crippen molar-refractivity contribution in [2.75, 3.05) is 9.80 Å². The Kier molecular flexibility index (Phi) is 5.01. The summed E-state index contributed by atoms with van der Waals surface area (Å²) < 4.78 is 40.3. The molecule has 1 aliphatic heterocycles. The smallest absolute Gasteiger partial charge is 0.303 e. The van der Waals surface area contributed by atoms with Gasteiger partial charge in [0.2, 0.25) is 0 Å². The van der Waals surface area contributed by atoms with E-state index in [0.717, 1.165) is 34.8 Å². The minimum Gasteiger partial charge on any atom is -0.303 e. The number of halogens is 3. The molecule has 0 bridgehead atoms. The molecule has 1 aliphatic carbocycles. The van der Waals surface area contributed by atoms with E-state index in [1.54, 1.807) is 4.90 Å². The molecular formula is C22H19F3N4OS. The molecule has 2 heterocycles. The molecule has 1 aromatic heterocycles. The van der Waals surface area contributed by atoms with Crippen molar-refractivity contribution >= 4 is 34.6 Å². The Balaban J connectivity index is 1.79. The highest BCUT2D eigenvalue weighted by Crippen LogP contribution is 2.48. The van der Waals surface area contributed by atoms with Gasteiger partial charge in [0.25, 0.3) is 5.91 Å². The van der Waals surface area contributed by atoms with Crippen LogP contribution in [0.2, 0.25) is 0 Å². The molecule has 2 aromatic rings. The second kappa shape index (κ2) is 7.31. The third kappa shape index (κ3) is 3.26. The largest absolute Gasteiger partial charge is 0.419 e. The van der Waals surface area contributed by atoms with Crippen LogP contribution in [0.4, 0.5) is 24.5 Å². The lowest BCUT2D eigenvalue weighted by molar-refractivity contribution is -0.138. The maximum absolute atomic E-state index is 13.4. The van der Waals surface area contributed by atoms with E-state index in [1.165, 1.54) is 6.07 Å². The molecule has 0 unspecified atom stereocenters. The molecule has 1 aromatic carbocycles. The van der Waals surface area contributed by atoms with Crippen LogP contribution in [0.15, 0.2) is 36.5 Å². The normalized spacial score (nSPS) is 18.0. The molecule has 1 spiro atoms. The van der Waals surface area contributed by atoms with Crippen molar-refractivity contribution in [3.05, 3.63) is 53.3 Å². The lowest BCUT2D eigenvalue weighted by Crippen LogP contribution is -2.55. The lowest BCUT2D eigenvalue weighted by atomic mass is 9.75. The van der Waals surface area contributed by atoms with Gasteiger partial charge in [-0.05, 0) is 61.2 Å². The lowest BCUT2D eigenvalue weighted by Gasteiger charge is -2.43. The first-order chi connectivity index (χ1) is 14.6. The van der Waals surface area contributed by atoms with E-state index < -0.39 is 23.0 Å². The van der Waals surface area contributed by atoms with Gasteiger partial charge < -0.3 is 4.90 Å². The van der Waals surface area contributed by atoms with E-state index >= 15 is 0 Å². The molecular weight excluding hydrogens is 425 g/mol. The Morgan fingerprint density at radius 3 is 2.32 bits per heavy atom. The topological polar surface area (TPSA) is 60.2 Å². The van der Waals surface area contributed by atoms with Crippen LogP contribution in [0.5, 0.6) is 0 Å². The van der Waals surface area contributed by atoms with Crippen LogP contribution in [0, 0.1) is 11.3 Å². The van der Waals surface area contributed by atoms with Gasteiger partial charge in [0.1, 0.15) is 11.6 Å². The van der Waals surface area contributed by atoms with Crippen LogP contribution in [0.25, 0.3) is 0 Å². The third-order valence-corrected chi connectivity index (χ3v) is 6.32.